The van der Waals surface area contributed by atoms with E-state index in [1.54, 1.807) is 7.11 Å². The molecule has 1 amide bonds. The van der Waals surface area contributed by atoms with Crippen molar-refractivity contribution in [2.45, 2.75) is 25.9 Å². The molecule has 0 N–H and O–H groups in total. The standard InChI is InChI=1S/C27H29NO3/c1-30-26-19-23(12-13-25(26)31-20-22-10-6-3-7-11-22)18-24-15-17-28(27(24)29)16-14-21-8-4-2-5-9-21/h2-13,19,24H,14-18,20H2,1H3. The van der Waals surface area contributed by atoms with E-state index in [4.69, 9.17) is 9.47 Å². The van der Waals surface area contributed by atoms with Crippen LogP contribution in [0.1, 0.15) is 23.1 Å². The van der Waals surface area contributed by atoms with Crippen LogP contribution >= 0.6 is 0 Å². The minimum atomic E-state index is 0.0385. The summed E-state index contributed by atoms with van der Waals surface area (Å²) in [4.78, 5) is 14.9. The molecule has 4 heteroatoms. The number of ether oxygens (including phenoxy) is 2. The Morgan fingerprint density at radius 1 is 0.871 bits per heavy atom. The Labute approximate surface area is 184 Å². The molecule has 3 aromatic rings. The molecule has 160 valence electrons. The Kier molecular flexibility index (Phi) is 6.88. The van der Waals surface area contributed by atoms with Gasteiger partial charge in [-0.1, -0.05) is 66.7 Å². The molecule has 0 aliphatic carbocycles. The number of hydrogen-bond acceptors (Lipinski definition) is 3. The van der Waals surface area contributed by atoms with E-state index in [-0.39, 0.29) is 11.8 Å². The van der Waals surface area contributed by atoms with Gasteiger partial charge in [0, 0.05) is 19.0 Å². The summed E-state index contributed by atoms with van der Waals surface area (Å²) in [6.07, 6.45) is 2.54. The number of carbonyl (C=O) groups is 1. The van der Waals surface area contributed by atoms with E-state index in [1.165, 1.54) is 5.56 Å². The van der Waals surface area contributed by atoms with Crippen LogP contribution in [0.4, 0.5) is 0 Å². The largest absolute Gasteiger partial charge is 0.493 e. The Morgan fingerprint density at radius 2 is 1.58 bits per heavy atom. The second-order valence-corrected chi connectivity index (χ2v) is 8.01. The summed E-state index contributed by atoms with van der Waals surface area (Å²) < 4.78 is 11.5. The van der Waals surface area contributed by atoms with Crippen LogP contribution in [0.2, 0.25) is 0 Å². The number of rotatable bonds is 9. The van der Waals surface area contributed by atoms with Crippen molar-refractivity contribution in [2.24, 2.45) is 5.92 Å². The minimum absolute atomic E-state index is 0.0385. The fraction of sp³-hybridized carbons (Fsp3) is 0.296. The second kappa shape index (κ2) is 10.2. The number of carbonyl (C=O) groups excluding carboxylic acids is 1. The number of amides is 1. The number of nitrogens with zero attached hydrogens (tertiary/aromatic N) is 1. The molecule has 4 rings (SSSR count). The van der Waals surface area contributed by atoms with Crippen molar-refractivity contribution in [3.8, 4) is 11.5 Å². The lowest BCUT2D eigenvalue weighted by Crippen LogP contribution is -2.30. The van der Waals surface area contributed by atoms with E-state index in [9.17, 15) is 4.79 Å². The van der Waals surface area contributed by atoms with Crippen molar-refractivity contribution >= 4 is 5.91 Å². The highest BCUT2D eigenvalue weighted by Crippen LogP contribution is 2.31. The lowest BCUT2D eigenvalue weighted by molar-refractivity contribution is -0.130. The van der Waals surface area contributed by atoms with Crippen LogP contribution < -0.4 is 9.47 Å². The molecule has 1 saturated heterocycles. The zero-order chi connectivity index (χ0) is 21.5. The first-order valence-corrected chi connectivity index (χ1v) is 10.9. The van der Waals surface area contributed by atoms with Crippen molar-refractivity contribution in [1.82, 2.24) is 4.90 Å². The third kappa shape index (κ3) is 5.46. The zero-order valence-corrected chi connectivity index (χ0v) is 18.0. The first-order chi connectivity index (χ1) is 15.2. The highest BCUT2D eigenvalue weighted by molar-refractivity contribution is 5.81. The summed E-state index contributed by atoms with van der Waals surface area (Å²) >= 11 is 0. The molecule has 0 bridgehead atoms. The maximum Gasteiger partial charge on any atom is 0.226 e. The molecule has 3 aromatic carbocycles. The Hall–Kier alpha value is -3.27. The molecule has 0 spiro atoms. The minimum Gasteiger partial charge on any atom is -0.493 e. The number of benzene rings is 3. The molecule has 4 nitrogen and oxygen atoms in total. The van der Waals surface area contributed by atoms with Gasteiger partial charge in [-0.3, -0.25) is 4.79 Å². The highest BCUT2D eigenvalue weighted by atomic mass is 16.5. The molecular formula is C27H29NO3. The van der Waals surface area contributed by atoms with Crippen LogP contribution in [0.5, 0.6) is 11.5 Å². The van der Waals surface area contributed by atoms with Crippen LogP contribution in [-0.4, -0.2) is 31.0 Å². The van der Waals surface area contributed by atoms with E-state index >= 15 is 0 Å². The van der Waals surface area contributed by atoms with Gasteiger partial charge in [0.15, 0.2) is 11.5 Å². The van der Waals surface area contributed by atoms with Gasteiger partial charge in [0.25, 0.3) is 0 Å². The summed E-state index contributed by atoms with van der Waals surface area (Å²) in [5.74, 6) is 1.73. The molecule has 1 heterocycles. The van der Waals surface area contributed by atoms with Gasteiger partial charge in [-0.2, -0.15) is 0 Å². The van der Waals surface area contributed by atoms with Gasteiger partial charge < -0.3 is 14.4 Å². The van der Waals surface area contributed by atoms with Crippen LogP contribution in [0.25, 0.3) is 0 Å². The van der Waals surface area contributed by atoms with Gasteiger partial charge in [0.1, 0.15) is 6.61 Å². The monoisotopic (exact) mass is 415 g/mol. The van der Waals surface area contributed by atoms with Crippen molar-refractivity contribution < 1.29 is 14.3 Å². The van der Waals surface area contributed by atoms with Crippen molar-refractivity contribution in [3.05, 3.63) is 95.6 Å². The van der Waals surface area contributed by atoms with E-state index < -0.39 is 0 Å². The molecule has 1 aliphatic rings. The fourth-order valence-electron chi connectivity index (χ4n) is 4.10. The lowest BCUT2D eigenvalue weighted by Gasteiger charge is -2.17. The Morgan fingerprint density at radius 3 is 2.29 bits per heavy atom. The molecule has 1 unspecified atom stereocenters. The summed E-state index contributed by atoms with van der Waals surface area (Å²) in [5, 5.41) is 0. The molecule has 1 aliphatic heterocycles. The summed E-state index contributed by atoms with van der Waals surface area (Å²) in [7, 11) is 1.65. The SMILES string of the molecule is COc1cc(CC2CCN(CCc3ccccc3)C2=O)ccc1OCc1ccccc1. The zero-order valence-electron chi connectivity index (χ0n) is 18.0. The van der Waals surface area contributed by atoms with Gasteiger partial charge in [-0.25, -0.2) is 0 Å². The normalized spacial score (nSPS) is 15.8. The first-order valence-electron chi connectivity index (χ1n) is 10.9. The van der Waals surface area contributed by atoms with Crippen molar-refractivity contribution in [3.63, 3.8) is 0 Å². The topological polar surface area (TPSA) is 38.8 Å². The molecular weight excluding hydrogens is 386 g/mol. The van der Waals surface area contributed by atoms with Gasteiger partial charge in [-0.15, -0.1) is 0 Å². The summed E-state index contributed by atoms with van der Waals surface area (Å²) in [6.45, 7) is 2.12. The predicted octanol–water partition coefficient (Wildman–Crippen LogP) is 4.91. The average Bonchev–Trinajstić information content (AvgIpc) is 3.17. The van der Waals surface area contributed by atoms with Crippen LogP contribution in [0.15, 0.2) is 78.9 Å². The van der Waals surface area contributed by atoms with Crippen LogP contribution in [0.3, 0.4) is 0 Å². The predicted molar refractivity (Wildman–Crippen MR) is 122 cm³/mol. The van der Waals surface area contributed by atoms with E-state index in [0.29, 0.717) is 12.4 Å². The quantitative estimate of drug-likeness (QED) is 0.499. The van der Waals surface area contributed by atoms with E-state index in [1.807, 2.05) is 71.6 Å². The molecule has 0 saturated carbocycles. The number of hydrogen-bond donors (Lipinski definition) is 0. The molecule has 0 radical (unpaired) electrons. The third-order valence-electron chi connectivity index (χ3n) is 5.87. The van der Waals surface area contributed by atoms with E-state index in [2.05, 4.69) is 12.1 Å². The van der Waals surface area contributed by atoms with Crippen LogP contribution in [0, 0.1) is 5.92 Å². The molecule has 1 fully saturated rings. The maximum atomic E-state index is 12.9. The van der Waals surface area contributed by atoms with Gasteiger partial charge >= 0.3 is 0 Å². The lowest BCUT2D eigenvalue weighted by atomic mass is 9.97. The number of methoxy groups -OCH3 is 1. The van der Waals surface area contributed by atoms with Crippen molar-refractivity contribution in [1.29, 1.82) is 0 Å². The van der Waals surface area contributed by atoms with Gasteiger partial charge in [-0.05, 0) is 48.1 Å². The average molecular weight is 416 g/mol. The van der Waals surface area contributed by atoms with Crippen molar-refractivity contribution in [2.75, 3.05) is 20.2 Å². The number of likely N-dealkylation sites (tertiary alicyclic amines) is 1. The first kappa shape index (κ1) is 21.0. The molecule has 31 heavy (non-hydrogen) atoms. The Balaban J connectivity index is 1.34. The third-order valence-corrected chi connectivity index (χ3v) is 5.87. The Bertz CT molecular complexity index is 988. The summed E-state index contributed by atoms with van der Waals surface area (Å²) in [5.41, 5.74) is 3.49. The van der Waals surface area contributed by atoms with Crippen LogP contribution in [-0.2, 0) is 24.2 Å². The smallest absolute Gasteiger partial charge is 0.226 e. The molecule has 0 aromatic heterocycles. The second-order valence-electron chi connectivity index (χ2n) is 8.01. The van der Waals surface area contributed by atoms with Gasteiger partial charge in [0.05, 0.1) is 7.11 Å². The summed E-state index contributed by atoms with van der Waals surface area (Å²) in [6, 6.07) is 26.4. The fourth-order valence-corrected chi connectivity index (χ4v) is 4.10. The highest BCUT2D eigenvalue weighted by Gasteiger charge is 2.31. The van der Waals surface area contributed by atoms with E-state index in [0.717, 1.165) is 49.2 Å². The molecule has 1 atom stereocenters. The maximum absolute atomic E-state index is 12.9. The van der Waals surface area contributed by atoms with Gasteiger partial charge in [0.2, 0.25) is 5.91 Å².